The van der Waals surface area contributed by atoms with Crippen LogP contribution in [0.5, 0.6) is 0 Å². The average Bonchev–Trinajstić information content (AvgIpc) is 1.00. The molecule has 0 aliphatic heterocycles. The van der Waals surface area contributed by atoms with Gasteiger partial charge in [-0.3, -0.25) is 0 Å². The summed E-state index contributed by atoms with van der Waals surface area (Å²) in [5, 5.41) is 0. The van der Waals surface area contributed by atoms with E-state index in [9.17, 15) is 0 Å². The fraction of sp³-hybridized carbons (Fsp3) is 0. The monoisotopic (exact) mass is 307 g/mol. The van der Waals surface area contributed by atoms with Crippen molar-refractivity contribution < 1.29 is 0 Å². The third-order valence-corrected chi connectivity index (χ3v) is 0. The number of rotatable bonds is 0. The summed E-state index contributed by atoms with van der Waals surface area (Å²) in [6, 6.07) is 0. The van der Waals surface area contributed by atoms with Gasteiger partial charge in [-0.15, -0.1) is 0 Å². The van der Waals surface area contributed by atoms with Crippen LogP contribution < -0.4 is 0 Å². The quantitative estimate of drug-likeness (QED) is 0.477. The predicted octanol–water partition coefficient (Wildman–Crippen LogP) is -1.52. The molecule has 0 spiro atoms. The molecule has 0 N–H and O–H groups in total. The van der Waals surface area contributed by atoms with Crippen LogP contribution in [-0.4, -0.2) is 61.0 Å². The van der Waals surface area contributed by atoms with Gasteiger partial charge in [0.15, 0.2) is 0 Å². The molecule has 0 nitrogen and oxygen atoms in total. The third-order valence-electron chi connectivity index (χ3n) is 0. The van der Waals surface area contributed by atoms with Crippen molar-refractivity contribution in [1.82, 2.24) is 0 Å². The second-order valence-electron chi connectivity index (χ2n) is 0. The molecule has 9 radical (unpaired) electrons. The van der Waals surface area contributed by atoms with E-state index in [1.807, 2.05) is 32.0 Å². The molecular formula is AsGeSiTe. The van der Waals surface area contributed by atoms with Crippen molar-refractivity contribution in [3.63, 3.8) is 0 Å². The van der Waals surface area contributed by atoms with Gasteiger partial charge in [0.25, 0.3) is 0 Å². The minimum Gasteiger partial charge on any atom is 0 e. The average molecular weight is 303 g/mol. The first kappa shape index (κ1) is 16.5. The van der Waals surface area contributed by atoms with Crippen LogP contribution in [0, 0.1) is 0 Å². The molecule has 0 aromatic rings. The van der Waals surface area contributed by atoms with Crippen LogP contribution in [0.3, 0.4) is 0 Å². The van der Waals surface area contributed by atoms with Gasteiger partial charge >= 0.3 is 32.0 Å². The van der Waals surface area contributed by atoms with E-state index in [0.717, 1.165) is 0 Å². The minimum absolute atomic E-state index is 0. The molecule has 0 saturated heterocycles. The van der Waals surface area contributed by atoms with Crippen LogP contribution in [0.15, 0.2) is 0 Å². The Morgan fingerprint density at radius 1 is 1.25 bits per heavy atom. The Morgan fingerprint density at radius 2 is 1.25 bits per heavy atom. The molecule has 0 rings (SSSR count). The van der Waals surface area contributed by atoms with Crippen molar-refractivity contribution in [2.45, 2.75) is 0 Å². The van der Waals surface area contributed by atoms with E-state index in [0.29, 0.717) is 0 Å². The van der Waals surface area contributed by atoms with Crippen LogP contribution in [0.2, 0.25) is 0 Å². The molecule has 0 aromatic carbocycles. The summed E-state index contributed by atoms with van der Waals surface area (Å²) in [5.74, 6) is 0. The van der Waals surface area contributed by atoms with Crippen molar-refractivity contribution in [2.75, 3.05) is 0 Å². The second kappa shape index (κ2) is 19.4. The molecule has 19 valence electrons. The molecular weight excluding hydrogens is 303 g/mol. The van der Waals surface area contributed by atoms with Gasteiger partial charge in [-0.1, -0.05) is 0 Å². The zero-order valence-corrected chi connectivity index (χ0v) is 9.16. The maximum absolute atomic E-state index is 2.01. The van der Waals surface area contributed by atoms with Crippen molar-refractivity contribution in [3.8, 4) is 0 Å². The summed E-state index contributed by atoms with van der Waals surface area (Å²) in [6.07, 6.45) is 0. The Kier molecular flexibility index (Phi) is 80.0. The van der Waals surface area contributed by atoms with Crippen LogP contribution >= 0.6 is 0 Å². The van der Waals surface area contributed by atoms with Crippen LogP contribution in [-0.2, 0) is 0 Å². The normalized spacial score (nSPS) is 1.00. The second-order valence-corrected chi connectivity index (χ2v) is 0. The summed E-state index contributed by atoms with van der Waals surface area (Å²) in [7, 11) is 0. The zero-order chi connectivity index (χ0) is 2.00. The molecule has 0 amide bonds. The van der Waals surface area contributed by atoms with Crippen molar-refractivity contribution in [2.24, 2.45) is 0 Å². The van der Waals surface area contributed by atoms with Gasteiger partial charge in [0.1, 0.15) is 0 Å². The molecule has 0 atom stereocenters. The number of hydrogen-bond donors (Lipinski definition) is 0. The van der Waals surface area contributed by atoms with Crippen LogP contribution in [0.1, 0.15) is 0 Å². The maximum Gasteiger partial charge on any atom is 0 e. The fourth-order valence-corrected chi connectivity index (χ4v) is 0. The molecule has 0 fully saturated rings. The van der Waals surface area contributed by atoms with E-state index in [2.05, 4.69) is 0 Å². The molecule has 4 heavy (non-hydrogen) atoms. The smallest absolute Gasteiger partial charge is 0 e. The Morgan fingerprint density at radius 3 is 1.25 bits per heavy atom. The first-order chi connectivity index (χ1) is 1.00. The van der Waals surface area contributed by atoms with Crippen LogP contribution in [0.25, 0.3) is 0 Å². The Balaban J connectivity index is -0.00000000500. The molecule has 4 heteroatoms. The topological polar surface area (TPSA) is 0 Å². The molecule has 0 aliphatic rings. The fourth-order valence-electron chi connectivity index (χ4n) is 0. The summed E-state index contributed by atoms with van der Waals surface area (Å²) in [4.78, 5) is 0. The van der Waals surface area contributed by atoms with Gasteiger partial charge < -0.3 is 0 Å². The van der Waals surface area contributed by atoms with Gasteiger partial charge in [0.2, 0.25) is 0 Å². The molecule has 0 aliphatic carbocycles. The Labute approximate surface area is 60.3 Å². The molecule has 0 aromatic heterocycles. The summed E-state index contributed by atoms with van der Waals surface area (Å²) < 4.78 is 0. The van der Waals surface area contributed by atoms with E-state index in [4.69, 9.17) is 0 Å². The van der Waals surface area contributed by atoms with E-state index < -0.39 is 0 Å². The first-order valence-corrected chi connectivity index (χ1v) is 7.12. The summed E-state index contributed by atoms with van der Waals surface area (Å²) in [6.45, 7) is 0. The molecule has 0 bridgehead atoms. The third kappa shape index (κ3) is 8.93. The van der Waals surface area contributed by atoms with Gasteiger partial charge in [0.05, 0.1) is 0 Å². The SMILES string of the molecule is [As].[Ge]=[Te].[Si]. The van der Waals surface area contributed by atoms with Gasteiger partial charge in [-0.25, -0.2) is 0 Å². The number of hydrogen-bond acceptors (Lipinski definition) is 0. The van der Waals surface area contributed by atoms with Crippen LogP contribution in [0.4, 0.5) is 0 Å². The maximum atomic E-state index is 2.01. The van der Waals surface area contributed by atoms with Gasteiger partial charge in [-0.05, 0) is 0 Å². The van der Waals surface area contributed by atoms with E-state index in [1.54, 1.807) is 0 Å². The Hall–Kier alpha value is 2.11. The van der Waals surface area contributed by atoms with E-state index >= 15 is 0 Å². The van der Waals surface area contributed by atoms with Crippen molar-refractivity contribution in [3.05, 3.63) is 0 Å². The summed E-state index contributed by atoms with van der Waals surface area (Å²) in [5.41, 5.74) is 0. The molecule has 0 saturated carbocycles. The zero-order valence-electron chi connectivity index (χ0n) is 1.86. The standard InChI is InChI=1S/As.GeTe.Si/c;1-2;. The van der Waals surface area contributed by atoms with Crippen molar-refractivity contribution >= 4 is 61.0 Å². The largest absolute Gasteiger partial charge is 0 e. The van der Waals surface area contributed by atoms with E-state index in [1.165, 1.54) is 0 Å². The molecule has 0 unspecified atom stereocenters. The molecule has 0 heterocycles. The van der Waals surface area contributed by atoms with Crippen molar-refractivity contribution in [1.29, 1.82) is 0 Å². The minimum atomic E-state index is 0. The Bertz CT molecular complexity index is 8.00. The van der Waals surface area contributed by atoms with Gasteiger partial charge in [0, 0.05) is 28.9 Å². The first-order valence-electron chi connectivity index (χ1n) is 0.204. The van der Waals surface area contributed by atoms with Gasteiger partial charge in [-0.2, -0.15) is 0 Å². The summed E-state index contributed by atoms with van der Waals surface area (Å²) >= 11 is 3.96. The predicted molar refractivity (Wildman–Crippen MR) is 23.0 cm³/mol. The van der Waals surface area contributed by atoms with E-state index in [-0.39, 0.29) is 28.9 Å².